The molecule has 0 aliphatic carbocycles. The fourth-order valence-corrected chi connectivity index (χ4v) is 1.51. The fourth-order valence-electron chi connectivity index (χ4n) is 1.04. The molecule has 0 aromatic heterocycles. The van der Waals surface area contributed by atoms with Crippen LogP contribution in [0.25, 0.3) is 0 Å². The largest absolute Gasteiger partial charge is 0.278 e. The fraction of sp³-hybridized carbons (Fsp3) is 0.100. The minimum Gasteiger partial charge on any atom is -0.278 e. The number of terminal acetylenes is 1. The van der Waals surface area contributed by atoms with Crippen LogP contribution in [0.15, 0.2) is 24.3 Å². The Balaban J connectivity index is 3.05. The second kappa shape index (κ2) is 4.87. The summed E-state index contributed by atoms with van der Waals surface area (Å²) in [4.78, 5) is 10.5. The van der Waals surface area contributed by atoms with Crippen LogP contribution < -0.4 is 3.11 Å². The van der Waals surface area contributed by atoms with Crippen LogP contribution in [-0.4, -0.2) is 6.41 Å². The molecule has 2 nitrogen and oxygen atoms in total. The van der Waals surface area contributed by atoms with Crippen molar-refractivity contribution in [2.45, 2.75) is 6.42 Å². The zero-order valence-corrected chi connectivity index (χ0v) is 9.06. The number of carbonyl (C=O) groups excluding carboxylic acids is 1. The van der Waals surface area contributed by atoms with Crippen LogP contribution in [0.5, 0.6) is 0 Å². The van der Waals surface area contributed by atoms with Gasteiger partial charge in [-0.15, -0.1) is 12.3 Å². The highest BCUT2D eigenvalue weighted by Gasteiger charge is 2.05. The number of hydrogen-bond donors (Lipinski definition) is 0. The van der Waals surface area contributed by atoms with Gasteiger partial charge in [-0.2, -0.15) is 0 Å². The van der Waals surface area contributed by atoms with E-state index in [1.807, 2.05) is 47.1 Å². The standard InChI is InChI=1S/C10H8INO/c1-2-5-9-6-3-4-7-10(9)12(11)8-13/h1,3-4,6-8H,5H2. The average Bonchev–Trinajstić information content (AvgIpc) is 2.18. The van der Waals surface area contributed by atoms with E-state index >= 15 is 0 Å². The van der Waals surface area contributed by atoms with Gasteiger partial charge in [0, 0.05) is 6.42 Å². The summed E-state index contributed by atoms with van der Waals surface area (Å²) in [6, 6.07) is 7.58. The van der Waals surface area contributed by atoms with Crippen LogP contribution >= 0.6 is 22.9 Å². The minimum absolute atomic E-state index is 0.545. The highest BCUT2D eigenvalue weighted by Crippen LogP contribution is 2.22. The molecule has 1 aromatic rings. The van der Waals surface area contributed by atoms with Crippen molar-refractivity contribution in [3.8, 4) is 12.3 Å². The summed E-state index contributed by atoms with van der Waals surface area (Å²) in [5.74, 6) is 2.56. The van der Waals surface area contributed by atoms with Crippen LogP contribution in [-0.2, 0) is 11.2 Å². The van der Waals surface area contributed by atoms with Crippen LogP contribution in [0.4, 0.5) is 5.69 Å². The third-order valence-electron chi connectivity index (χ3n) is 1.61. The number of hydrogen-bond acceptors (Lipinski definition) is 1. The lowest BCUT2D eigenvalue weighted by atomic mass is 10.1. The van der Waals surface area contributed by atoms with Crippen molar-refractivity contribution in [2.75, 3.05) is 3.11 Å². The first-order valence-electron chi connectivity index (χ1n) is 3.71. The summed E-state index contributed by atoms with van der Waals surface area (Å²) in [6.45, 7) is 0. The summed E-state index contributed by atoms with van der Waals surface area (Å²) < 4.78 is 1.49. The van der Waals surface area contributed by atoms with Crippen molar-refractivity contribution in [3.05, 3.63) is 29.8 Å². The molecule has 13 heavy (non-hydrogen) atoms. The topological polar surface area (TPSA) is 20.3 Å². The highest BCUT2D eigenvalue weighted by atomic mass is 127. The molecule has 0 aliphatic rings. The molecule has 0 saturated carbocycles. The Morgan fingerprint density at radius 1 is 1.54 bits per heavy atom. The number of carbonyl (C=O) groups is 1. The van der Waals surface area contributed by atoms with Gasteiger partial charge in [-0.3, -0.25) is 7.91 Å². The van der Waals surface area contributed by atoms with Gasteiger partial charge in [0.25, 0.3) is 0 Å². The molecule has 0 atom stereocenters. The van der Waals surface area contributed by atoms with Gasteiger partial charge >= 0.3 is 0 Å². The number of benzene rings is 1. The Morgan fingerprint density at radius 3 is 2.85 bits per heavy atom. The summed E-state index contributed by atoms with van der Waals surface area (Å²) in [7, 11) is 0. The van der Waals surface area contributed by atoms with Gasteiger partial charge in [-0.05, 0) is 11.6 Å². The monoisotopic (exact) mass is 285 g/mol. The summed E-state index contributed by atoms with van der Waals surface area (Å²) in [5.41, 5.74) is 1.85. The molecule has 1 aromatic carbocycles. The number of anilines is 1. The predicted molar refractivity (Wildman–Crippen MR) is 61.5 cm³/mol. The van der Waals surface area contributed by atoms with Gasteiger partial charge in [0.2, 0.25) is 6.41 Å². The molecule has 0 spiro atoms. The van der Waals surface area contributed by atoms with E-state index in [1.165, 1.54) is 3.11 Å². The first-order chi connectivity index (χ1) is 6.29. The Bertz CT molecular complexity index is 343. The predicted octanol–water partition coefficient (Wildman–Crippen LogP) is 2.18. The van der Waals surface area contributed by atoms with Crippen LogP contribution in [0, 0.1) is 12.3 Å². The molecule has 0 aliphatic heterocycles. The average molecular weight is 285 g/mol. The number of rotatable bonds is 3. The number of amides is 1. The van der Waals surface area contributed by atoms with Gasteiger partial charge in [0.05, 0.1) is 28.6 Å². The molecule has 66 valence electrons. The summed E-state index contributed by atoms with van der Waals surface area (Å²) in [6.07, 6.45) is 6.52. The smallest absolute Gasteiger partial charge is 0.223 e. The maximum Gasteiger partial charge on any atom is 0.223 e. The van der Waals surface area contributed by atoms with Crippen molar-refractivity contribution in [2.24, 2.45) is 0 Å². The molecule has 0 bridgehead atoms. The highest BCUT2D eigenvalue weighted by molar-refractivity contribution is 14.1. The maximum atomic E-state index is 10.5. The van der Waals surface area contributed by atoms with Crippen molar-refractivity contribution < 1.29 is 4.79 Å². The number of halogens is 1. The molecule has 1 rings (SSSR count). The van der Waals surface area contributed by atoms with E-state index in [0.717, 1.165) is 17.7 Å². The lowest BCUT2D eigenvalue weighted by Gasteiger charge is -2.11. The zero-order chi connectivity index (χ0) is 9.68. The Morgan fingerprint density at radius 2 is 2.23 bits per heavy atom. The van der Waals surface area contributed by atoms with Gasteiger partial charge < -0.3 is 0 Å². The van der Waals surface area contributed by atoms with Crippen LogP contribution in [0.2, 0.25) is 0 Å². The second-order valence-electron chi connectivity index (χ2n) is 2.43. The molecule has 1 amide bonds. The minimum atomic E-state index is 0.545. The Hall–Kier alpha value is -1.02. The summed E-state index contributed by atoms with van der Waals surface area (Å²) in [5, 5.41) is 0. The van der Waals surface area contributed by atoms with Crippen molar-refractivity contribution in [1.82, 2.24) is 0 Å². The Kier molecular flexibility index (Phi) is 3.77. The molecule has 0 unspecified atom stereocenters. The SMILES string of the molecule is C#CCc1ccccc1N(I)C=O. The van der Waals surface area contributed by atoms with Crippen molar-refractivity contribution in [1.29, 1.82) is 0 Å². The lowest BCUT2D eigenvalue weighted by molar-refractivity contribution is -0.106. The van der Waals surface area contributed by atoms with E-state index in [0.29, 0.717) is 6.42 Å². The third-order valence-corrected chi connectivity index (χ3v) is 2.35. The van der Waals surface area contributed by atoms with Gasteiger partial charge in [0.15, 0.2) is 0 Å². The van der Waals surface area contributed by atoms with E-state index in [-0.39, 0.29) is 0 Å². The molecule has 0 fully saturated rings. The first kappa shape index (κ1) is 10.1. The summed E-state index contributed by atoms with van der Waals surface area (Å²) >= 11 is 1.93. The molecular formula is C10H8INO. The van der Waals surface area contributed by atoms with Crippen LogP contribution in [0.1, 0.15) is 5.56 Å². The van der Waals surface area contributed by atoms with E-state index in [1.54, 1.807) is 0 Å². The van der Waals surface area contributed by atoms with Crippen molar-refractivity contribution >= 4 is 35.0 Å². The second-order valence-corrected chi connectivity index (χ2v) is 3.47. The number of nitrogens with zero attached hydrogens (tertiary/aromatic N) is 1. The van der Waals surface area contributed by atoms with E-state index in [2.05, 4.69) is 5.92 Å². The molecule has 0 saturated heterocycles. The zero-order valence-electron chi connectivity index (χ0n) is 6.90. The maximum absolute atomic E-state index is 10.5. The molecule has 0 N–H and O–H groups in total. The van der Waals surface area contributed by atoms with Gasteiger partial charge in [0.1, 0.15) is 0 Å². The van der Waals surface area contributed by atoms with E-state index in [4.69, 9.17) is 6.42 Å². The van der Waals surface area contributed by atoms with E-state index < -0.39 is 0 Å². The number of para-hydroxylation sites is 1. The molecule has 3 heteroatoms. The normalized spacial score (nSPS) is 8.92. The molecule has 0 heterocycles. The van der Waals surface area contributed by atoms with Crippen LogP contribution in [0.3, 0.4) is 0 Å². The first-order valence-corrected chi connectivity index (χ1v) is 4.67. The third kappa shape index (κ3) is 2.46. The van der Waals surface area contributed by atoms with E-state index in [9.17, 15) is 4.79 Å². The van der Waals surface area contributed by atoms with Crippen molar-refractivity contribution in [3.63, 3.8) is 0 Å². The van der Waals surface area contributed by atoms with Gasteiger partial charge in [-0.25, -0.2) is 0 Å². The lowest BCUT2D eigenvalue weighted by Crippen LogP contribution is -2.07. The molecule has 0 radical (unpaired) electrons. The van der Waals surface area contributed by atoms with Gasteiger partial charge in [-0.1, -0.05) is 18.2 Å². The Labute approximate surface area is 91.4 Å². The quantitative estimate of drug-likeness (QED) is 0.361. The molecular weight excluding hydrogens is 277 g/mol.